The third-order valence-electron chi connectivity index (χ3n) is 2.89. The number of amides is 1. The van der Waals surface area contributed by atoms with Crippen LogP contribution in [0.4, 0.5) is 5.69 Å². The molecule has 2 aromatic carbocycles. The smallest absolute Gasteiger partial charge is 0.262 e. The van der Waals surface area contributed by atoms with Gasteiger partial charge in [0, 0.05) is 14.6 Å². The average molecular weight is 413 g/mol. The molecule has 0 heterocycles. The van der Waals surface area contributed by atoms with Crippen LogP contribution < -0.4 is 10.1 Å². The second-order valence-corrected chi connectivity index (χ2v) is 6.28. The van der Waals surface area contributed by atoms with Crippen LogP contribution in [0.3, 0.4) is 0 Å². The van der Waals surface area contributed by atoms with Gasteiger partial charge in [-0.2, -0.15) is 0 Å². The molecule has 3 nitrogen and oxygen atoms in total. The van der Waals surface area contributed by atoms with Gasteiger partial charge in [0.2, 0.25) is 0 Å². The maximum Gasteiger partial charge on any atom is 0.262 e. The molecule has 0 radical (unpaired) electrons. The van der Waals surface area contributed by atoms with Gasteiger partial charge in [0.15, 0.2) is 6.61 Å². The highest BCUT2D eigenvalue weighted by molar-refractivity contribution is 9.10. The Morgan fingerprint density at radius 2 is 1.76 bits per heavy atom. The van der Waals surface area contributed by atoms with Crippen LogP contribution in [0.2, 0.25) is 0 Å². The SMILES string of the molecule is CCc1cc(Br)ccc1OCC(=O)Nc1ccc(Br)cc1. The predicted molar refractivity (Wildman–Crippen MR) is 91.8 cm³/mol. The summed E-state index contributed by atoms with van der Waals surface area (Å²) in [5, 5.41) is 2.79. The van der Waals surface area contributed by atoms with Crippen molar-refractivity contribution in [3.63, 3.8) is 0 Å². The molecule has 0 fully saturated rings. The van der Waals surface area contributed by atoms with Crippen LogP contribution in [-0.2, 0) is 11.2 Å². The van der Waals surface area contributed by atoms with E-state index >= 15 is 0 Å². The highest BCUT2D eigenvalue weighted by atomic mass is 79.9. The first-order chi connectivity index (χ1) is 10.1. The van der Waals surface area contributed by atoms with E-state index in [1.54, 1.807) is 0 Å². The fourth-order valence-electron chi connectivity index (χ4n) is 1.84. The lowest BCUT2D eigenvalue weighted by atomic mass is 10.1. The second-order valence-electron chi connectivity index (χ2n) is 4.45. The molecule has 1 N–H and O–H groups in total. The number of hydrogen-bond donors (Lipinski definition) is 1. The molecule has 0 aliphatic heterocycles. The minimum Gasteiger partial charge on any atom is -0.483 e. The number of halogens is 2. The Morgan fingerprint density at radius 1 is 1.10 bits per heavy atom. The second kappa shape index (κ2) is 7.61. The normalized spacial score (nSPS) is 10.2. The number of carbonyl (C=O) groups is 1. The lowest BCUT2D eigenvalue weighted by Crippen LogP contribution is -2.20. The van der Waals surface area contributed by atoms with Crippen molar-refractivity contribution < 1.29 is 9.53 Å². The molecule has 21 heavy (non-hydrogen) atoms. The largest absolute Gasteiger partial charge is 0.483 e. The summed E-state index contributed by atoms with van der Waals surface area (Å²) in [6.07, 6.45) is 0.850. The summed E-state index contributed by atoms with van der Waals surface area (Å²) in [6.45, 7) is 2.04. The molecular formula is C16H15Br2NO2. The van der Waals surface area contributed by atoms with E-state index in [2.05, 4.69) is 44.1 Å². The zero-order chi connectivity index (χ0) is 15.2. The van der Waals surface area contributed by atoms with E-state index in [1.165, 1.54) is 0 Å². The van der Waals surface area contributed by atoms with E-state index < -0.39 is 0 Å². The number of nitrogens with one attached hydrogen (secondary N) is 1. The van der Waals surface area contributed by atoms with Crippen LogP contribution in [-0.4, -0.2) is 12.5 Å². The molecule has 0 bridgehead atoms. The maximum atomic E-state index is 11.9. The molecule has 0 atom stereocenters. The minimum absolute atomic E-state index is 0.00923. The number of aryl methyl sites for hydroxylation is 1. The molecule has 0 spiro atoms. The summed E-state index contributed by atoms with van der Waals surface area (Å²) in [7, 11) is 0. The number of carbonyl (C=O) groups excluding carboxylic acids is 1. The van der Waals surface area contributed by atoms with Gasteiger partial charge in [-0.25, -0.2) is 0 Å². The Bertz CT molecular complexity index is 627. The fraction of sp³-hybridized carbons (Fsp3) is 0.188. The number of benzene rings is 2. The van der Waals surface area contributed by atoms with Crippen LogP contribution in [0.5, 0.6) is 5.75 Å². The third kappa shape index (κ3) is 4.86. The molecule has 2 rings (SSSR count). The molecule has 2 aromatic rings. The molecule has 0 aromatic heterocycles. The molecule has 0 saturated heterocycles. The van der Waals surface area contributed by atoms with Gasteiger partial charge in [-0.05, 0) is 54.4 Å². The van der Waals surface area contributed by atoms with E-state index in [4.69, 9.17) is 4.74 Å². The summed E-state index contributed by atoms with van der Waals surface area (Å²) in [6, 6.07) is 13.2. The average Bonchev–Trinajstić information content (AvgIpc) is 2.48. The van der Waals surface area contributed by atoms with Crippen molar-refractivity contribution in [3.8, 4) is 5.75 Å². The fourth-order valence-corrected chi connectivity index (χ4v) is 2.51. The Labute approximate surface area is 141 Å². The van der Waals surface area contributed by atoms with Gasteiger partial charge in [0.25, 0.3) is 5.91 Å². The standard InChI is InChI=1S/C16H15Br2NO2/c1-2-11-9-13(18)5-8-15(11)21-10-16(20)19-14-6-3-12(17)4-7-14/h3-9H,2,10H2,1H3,(H,19,20). The first kappa shape index (κ1) is 16.0. The lowest BCUT2D eigenvalue weighted by Gasteiger charge is -2.11. The number of anilines is 1. The van der Waals surface area contributed by atoms with Crippen LogP contribution in [0, 0.1) is 0 Å². The van der Waals surface area contributed by atoms with Gasteiger partial charge < -0.3 is 10.1 Å². The van der Waals surface area contributed by atoms with Crippen LogP contribution >= 0.6 is 31.9 Å². The van der Waals surface area contributed by atoms with Gasteiger partial charge in [-0.1, -0.05) is 38.8 Å². The van der Waals surface area contributed by atoms with Crippen molar-refractivity contribution in [1.82, 2.24) is 0 Å². The molecule has 5 heteroatoms. The van der Waals surface area contributed by atoms with Gasteiger partial charge in [-0.3, -0.25) is 4.79 Å². The topological polar surface area (TPSA) is 38.3 Å². The Hall–Kier alpha value is -1.33. The van der Waals surface area contributed by atoms with E-state index in [1.807, 2.05) is 42.5 Å². The summed E-state index contributed by atoms with van der Waals surface area (Å²) in [5.41, 5.74) is 1.82. The molecular weight excluding hydrogens is 398 g/mol. The lowest BCUT2D eigenvalue weighted by molar-refractivity contribution is -0.118. The number of rotatable bonds is 5. The van der Waals surface area contributed by atoms with Crippen LogP contribution in [0.15, 0.2) is 51.4 Å². The Morgan fingerprint density at radius 3 is 2.43 bits per heavy atom. The summed E-state index contributed by atoms with van der Waals surface area (Å²) < 4.78 is 7.58. The van der Waals surface area contributed by atoms with Crippen molar-refractivity contribution >= 4 is 43.5 Å². The van der Waals surface area contributed by atoms with E-state index in [-0.39, 0.29) is 12.5 Å². The Kier molecular flexibility index (Phi) is 5.82. The summed E-state index contributed by atoms with van der Waals surface area (Å²) >= 11 is 6.78. The summed E-state index contributed by atoms with van der Waals surface area (Å²) in [5.74, 6) is 0.564. The zero-order valence-corrected chi connectivity index (χ0v) is 14.7. The molecule has 110 valence electrons. The van der Waals surface area contributed by atoms with E-state index in [0.717, 1.165) is 32.4 Å². The van der Waals surface area contributed by atoms with E-state index in [9.17, 15) is 4.79 Å². The van der Waals surface area contributed by atoms with Crippen molar-refractivity contribution in [2.24, 2.45) is 0 Å². The van der Waals surface area contributed by atoms with Gasteiger partial charge in [0.05, 0.1) is 0 Å². The predicted octanol–water partition coefficient (Wildman–Crippen LogP) is 4.79. The van der Waals surface area contributed by atoms with Crippen LogP contribution in [0.1, 0.15) is 12.5 Å². The van der Waals surface area contributed by atoms with E-state index in [0.29, 0.717) is 0 Å². The van der Waals surface area contributed by atoms with Crippen LogP contribution in [0.25, 0.3) is 0 Å². The molecule has 0 aliphatic carbocycles. The third-order valence-corrected chi connectivity index (χ3v) is 3.91. The maximum absolute atomic E-state index is 11.9. The number of ether oxygens (including phenoxy) is 1. The summed E-state index contributed by atoms with van der Waals surface area (Å²) in [4.78, 5) is 11.9. The van der Waals surface area contributed by atoms with Gasteiger partial charge in [0.1, 0.15) is 5.75 Å². The van der Waals surface area contributed by atoms with Crippen molar-refractivity contribution in [2.45, 2.75) is 13.3 Å². The van der Waals surface area contributed by atoms with Crippen molar-refractivity contribution in [2.75, 3.05) is 11.9 Å². The van der Waals surface area contributed by atoms with Crippen molar-refractivity contribution in [1.29, 1.82) is 0 Å². The molecule has 0 saturated carbocycles. The number of hydrogen-bond acceptors (Lipinski definition) is 2. The minimum atomic E-state index is -0.178. The van der Waals surface area contributed by atoms with Crippen molar-refractivity contribution in [3.05, 3.63) is 57.0 Å². The monoisotopic (exact) mass is 411 g/mol. The highest BCUT2D eigenvalue weighted by Gasteiger charge is 2.07. The Balaban J connectivity index is 1.93. The molecule has 0 aliphatic rings. The quantitative estimate of drug-likeness (QED) is 0.766. The molecule has 1 amide bonds. The van der Waals surface area contributed by atoms with Gasteiger partial charge in [-0.15, -0.1) is 0 Å². The molecule has 0 unspecified atom stereocenters. The first-order valence-corrected chi connectivity index (χ1v) is 8.13. The zero-order valence-electron chi connectivity index (χ0n) is 11.5. The first-order valence-electron chi connectivity index (χ1n) is 6.55. The van der Waals surface area contributed by atoms with Gasteiger partial charge >= 0.3 is 0 Å². The highest BCUT2D eigenvalue weighted by Crippen LogP contribution is 2.23.